The van der Waals surface area contributed by atoms with E-state index >= 15 is 0 Å². The smallest absolute Gasteiger partial charge is 0.193 e. The summed E-state index contributed by atoms with van der Waals surface area (Å²) in [6.45, 7) is 0.870. The van der Waals surface area contributed by atoms with Gasteiger partial charge in [-0.2, -0.15) is 0 Å². The van der Waals surface area contributed by atoms with Crippen LogP contribution >= 0.6 is 0 Å². The van der Waals surface area contributed by atoms with E-state index in [1.54, 1.807) is 7.11 Å². The third-order valence-corrected chi connectivity index (χ3v) is 4.10. The molecule has 2 aliphatic rings. The van der Waals surface area contributed by atoms with Crippen molar-refractivity contribution < 1.29 is 4.74 Å². The van der Waals surface area contributed by atoms with Gasteiger partial charge in [-0.3, -0.25) is 4.99 Å². The van der Waals surface area contributed by atoms with Crippen molar-refractivity contribution in [2.24, 2.45) is 22.1 Å². The molecule has 1 spiro atoms. The molecule has 0 saturated heterocycles. The van der Waals surface area contributed by atoms with Gasteiger partial charge in [0.15, 0.2) is 5.96 Å². The molecule has 2 fully saturated rings. The largest absolute Gasteiger partial charge is 0.497 e. The van der Waals surface area contributed by atoms with Crippen LogP contribution in [0.25, 0.3) is 0 Å². The van der Waals surface area contributed by atoms with E-state index in [2.05, 4.69) is 10.3 Å². The molecule has 0 amide bonds. The summed E-state index contributed by atoms with van der Waals surface area (Å²) in [5.41, 5.74) is 7.51. The summed E-state index contributed by atoms with van der Waals surface area (Å²) in [7, 11) is 1.65. The van der Waals surface area contributed by atoms with Crippen LogP contribution in [0, 0.1) is 11.3 Å². The third kappa shape index (κ3) is 2.28. The highest BCUT2D eigenvalue weighted by atomic mass is 16.5. The zero-order valence-electron chi connectivity index (χ0n) is 10.6. The van der Waals surface area contributed by atoms with Crippen LogP contribution in [0.3, 0.4) is 0 Å². The standard InChI is InChI=1S/C14H19N3O/c1-18-12-4-2-11(3-5-12)17-13(15)16-9-10-8-14(10)6-7-14/h2-5,10H,6-9H2,1H3,(H3,15,16,17). The number of hydrogen-bond acceptors (Lipinski definition) is 2. The Morgan fingerprint density at radius 2 is 2.17 bits per heavy atom. The molecule has 3 N–H and O–H groups in total. The van der Waals surface area contributed by atoms with Crippen LogP contribution in [0.15, 0.2) is 29.3 Å². The number of benzene rings is 1. The first-order valence-electron chi connectivity index (χ1n) is 6.43. The van der Waals surface area contributed by atoms with Gasteiger partial charge in [0.1, 0.15) is 5.75 Å². The number of methoxy groups -OCH3 is 1. The lowest BCUT2D eigenvalue weighted by Crippen LogP contribution is -2.23. The topological polar surface area (TPSA) is 59.6 Å². The molecule has 0 heterocycles. The molecule has 0 radical (unpaired) electrons. The van der Waals surface area contributed by atoms with E-state index in [0.717, 1.165) is 23.9 Å². The fourth-order valence-electron chi connectivity index (χ4n) is 2.53. The molecule has 0 bridgehead atoms. The number of ether oxygens (including phenoxy) is 1. The molecule has 18 heavy (non-hydrogen) atoms. The van der Waals surface area contributed by atoms with Crippen LogP contribution in [0.2, 0.25) is 0 Å². The first kappa shape index (κ1) is 11.4. The van der Waals surface area contributed by atoms with Crippen LogP contribution < -0.4 is 15.8 Å². The zero-order chi connectivity index (χ0) is 12.6. The van der Waals surface area contributed by atoms with Gasteiger partial charge in [0.2, 0.25) is 0 Å². The first-order chi connectivity index (χ1) is 8.72. The minimum Gasteiger partial charge on any atom is -0.497 e. The maximum absolute atomic E-state index is 5.87. The quantitative estimate of drug-likeness (QED) is 0.631. The maximum Gasteiger partial charge on any atom is 0.193 e. The summed E-state index contributed by atoms with van der Waals surface area (Å²) in [6.07, 6.45) is 4.16. The third-order valence-electron chi connectivity index (χ3n) is 4.10. The van der Waals surface area contributed by atoms with Gasteiger partial charge in [0.05, 0.1) is 7.11 Å². The average Bonchev–Trinajstić information content (AvgIpc) is 3.29. The molecular weight excluding hydrogens is 226 g/mol. The summed E-state index contributed by atoms with van der Waals surface area (Å²) in [6, 6.07) is 7.66. The Morgan fingerprint density at radius 1 is 1.44 bits per heavy atom. The molecule has 4 nitrogen and oxygen atoms in total. The molecule has 2 saturated carbocycles. The fourth-order valence-corrected chi connectivity index (χ4v) is 2.53. The summed E-state index contributed by atoms with van der Waals surface area (Å²) >= 11 is 0. The molecule has 1 aromatic rings. The minimum absolute atomic E-state index is 0.503. The predicted octanol–water partition coefficient (Wildman–Crippen LogP) is 2.22. The van der Waals surface area contributed by atoms with E-state index in [1.807, 2.05) is 24.3 Å². The number of nitrogens with zero attached hydrogens (tertiary/aromatic N) is 1. The van der Waals surface area contributed by atoms with Crippen molar-refractivity contribution in [3.8, 4) is 5.75 Å². The van der Waals surface area contributed by atoms with E-state index < -0.39 is 0 Å². The highest BCUT2D eigenvalue weighted by molar-refractivity contribution is 5.92. The number of aliphatic imine (C=N–C) groups is 1. The van der Waals surface area contributed by atoms with Gasteiger partial charge in [0, 0.05) is 12.2 Å². The highest BCUT2D eigenvalue weighted by Gasteiger charge is 2.62. The Balaban J connectivity index is 1.52. The average molecular weight is 245 g/mol. The molecule has 1 atom stereocenters. The lowest BCUT2D eigenvalue weighted by molar-refractivity contribution is 0.415. The van der Waals surface area contributed by atoms with Gasteiger partial charge in [-0.1, -0.05) is 0 Å². The molecule has 1 aromatic carbocycles. The fraction of sp³-hybridized carbons (Fsp3) is 0.500. The number of rotatable bonds is 4. The second-order valence-corrected chi connectivity index (χ2v) is 5.34. The number of nitrogens with two attached hydrogens (primary N) is 1. The van der Waals surface area contributed by atoms with Gasteiger partial charge >= 0.3 is 0 Å². The Labute approximate surface area is 107 Å². The van der Waals surface area contributed by atoms with Gasteiger partial charge in [-0.25, -0.2) is 0 Å². The lowest BCUT2D eigenvalue weighted by Gasteiger charge is -2.06. The van der Waals surface area contributed by atoms with Crippen LogP contribution in [0.4, 0.5) is 5.69 Å². The Morgan fingerprint density at radius 3 is 2.72 bits per heavy atom. The lowest BCUT2D eigenvalue weighted by atomic mass is 10.3. The molecule has 1 unspecified atom stereocenters. The first-order valence-corrected chi connectivity index (χ1v) is 6.43. The van der Waals surface area contributed by atoms with Crippen molar-refractivity contribution in [1.82, 2.24) is 0 Å². The van der Waals surface area contributed by atoms with Gasteiger partial charge in [-0.15, -0.1) is 0 Å². The van der Waals surface area contributed by atoms with Crippen molar-refractivity contribution in [3.63, 3.8) is 0 Å². The van der Waals surface area contributed by atoms with Crippen LogP contribution in [-0.2, 0) is 0 Å². The summed E-state index contributed by atoms with van der Waals surface area (Å²) < 4.78 is 5.10. The molecule has 0 aliphatic heterocycles. The summed E-state index contributed by atoms with van der Waals surface area (Å²) in [5.74, 6) is 2.13. The molecule has 0 aromatic heterocycles. The zero-order valence-corrected chi connectivity index (χ0v) is 10.6. The van der Waals surface area contributed by atoms with Crippen molar-refractivity contribution in [3.05, 3.63) is 24.3 Å². The van der Waals surface area contributed by atoms with Crippen molar-refractivity contribution >= 4 is 11.6 Å². The van der Waals surface area contributed by atoms with Crippen LogP contribution in [0.5, 0.6) is 5.75 Å². The van der Waals surface area contributed by atoms with Crippen molar-refractivity contribution in [1.29, 1.82) is 0 Å². The second kappa shape index (κ2) is 4.19. The van der Waals surface area contributed by atoms with Crippen LogP contribution in [-0.4, -0.2) is 19.6 Å². The van der Waals surface area contributed by atoms with Gasteiger partial charge in [0.25, 0.3) is 0 Å². The molecular formula is C14H19N3O. The summed E-state index contributed by atoms with van der Waals surface area (Å²) in [4.78, 5) is 4.41. The Kier molecular flexibility index (Phi) is 2.65. The summed E-state index contributed by atoms with van der Waals surface area (Å²) in [5, 5.41) is 3.10. The number of anilines is 1. The predicted molar refractivity (Wildman–Crippen MR) is 72.9 cm³/mol. The van der Waals surface area contributed by atoms with Gasteiger partial charge < -0.3 is 15.8 Å². The van der Waals surface area contributed by atoms with Crippen molar-refractivity contribution in [2.75, 3.05) is 19.0 Å². The highest BCUT2D eigenvalue weighted by Crippen LogP contribution is 2.70. The number of guanidine groups is 1. The van der Waals surface area contributed by atoms with Gasteiger partial charge in [-0.05, 0) is 54.9 Å². The Hall–Kier alpha value is -1.71. The SMILES string of the molecule is COc1ccc(NC(N)=NCC2CC23CC3)cc1. The number of hydrogen-bond donors (Lipinski definition) is 2. The minimum atomic E-state index is 0.503. The Bertz CT molecular complexity index is 462. The van der Waals surface area contributed by atoms with E-state index in [9.17, 15) is 0 Å². The van der Waals surface area contributed by atoms with Crippen molar-refractivity contribution in [2.45, 2.75) is 19.3 Å². The molecule has 3 rings (SSSR count). The van der Waals surface area contributed by atoms with E-state index in [4.69, 9.17) is 10.5 Å². The molecule has 4 heteroatoms. The normalized spacial score (nSPS) is 23.8. The monoisotopic (exact) mass is 245 g/mol. The van der Waals surface area contributed by atoms with Crippen LogP contribution in [0.1, 0.15) is 19.3 Å². The molecule has 96 valence electrons. The van der Waals surface area contributed by atoms with E-state index in [-0.39, 0.29) is 0 Å². The van der Waals surface area contributed by atoms with E-state index in [0.29, 0.717) is 11.4 Å². The number of nitrogens with one attached hydrogen (secondary N) is 1. The molecule has 2 aliphatic carbocycles. The maximum atomic E-state index is 5.87. The van der Waals surface area contributed by atoms with E-state index in [1.165, 1.54) is 19.3 Å². The second-order valence-electron chi connectivity index (χ2n) is 5.34.